The molecule has 1 fully saturated rings. The molecule has 21 heavy (non-hydrogen) atoms. The lowest BCUT2D eigenvalue weighted by Crippen LogP contribution is -2.41. The van der Waals surface area contributed by atoms with Crippen molar-refractivity contribution in [3.8, 4) is 0 Å². The average molecular weight is 307 g/mol. The molecule has 0 aliphatic carbocycles. The molecule has 0 saturated carbocycles. The molecule has 110 valence electrons. The highest BCUT2D eigenvalue weighted by molar-refractivity contribution is 7.99. The number of thioether (sulfide) groups is 1. The van der Waals surface area contributed by atoms with Crippen LogP contribution in [-0.4, -0.2) is 49.7 Å². The predicted molar refractivity (Wildman–Crippen MR) is 76.2 cm³/mol. The van der Waals surface area contributed by atoms with Crippen molar-refractivity contribution in [2.45, 2.75) is 19.9 Å². The molecule has 3 heterocycles. The number of hydrogen-bond donors (Lipinski definition) is 1. The van der Waals surface area contributed by atoms with Crippen LogP contribution in [0, 0.1) is 13.8 Å². The first-order valence-electron chi connectivity index (χ1n) is 6.34. The van der Waals surface area contributed by atoms with E-state index in [9.17, 15) is 14.7 Å². The number of aromatic nitrogens is 2. The molecular weight excluding hydrogens is 294 g/mol. The van der Waals surface area contributed by atoms with Gasteiger partial charge >= 0.3 is 5.97 Å². The molecule has 1 aliphatic heterocycles. The minimum atomic E-state index is -0.989. The largest absolute Gasteiger partial charge is 0.480 e. The summed E-state index contributed by atoms with van der Waals surface area (Å²) >= 11 is 1.43. The van der Waals surface area contributed by atoms with E-state index in [1.807, 2.05) is 0 Å². The van der Waals surface area contributed by atoms with Gasteiger partial charge in [0.15, 0.2) is 0 Å². The Morgan fingerprint density at radius 2 is 2.24 bits per heavy atom. The minimum absolute atomic E-state index is 0.301. The second kappa shape index (κ2) is 5.03. The molecule has 0 unspecified atom stereocenters. The molecule has 3 rings (SSSR count). The highest BCUT2D eigenvalue weighted by Crippen LogP contribution is 2.28. The summed E-state index contributed by atoms with van der Waals surface area (Å²) in [7, 11) is 0. The number of carboxylic acid groups (broad SMARTS) is 1. The van der Waals surface area contributed by atoms with Crippen molar-refractivity contribution >= 4 is 34.7 Å². The third-order valence-corrected chi connectivity index (χ3v) is 4.42. The van der Waals surface area contributed by atoms with Gasteiger partial charge in [-0.15, -0.1) is 11.8 Å². The van der Waals surface area contributed by atoms with Crippen LogP contribution in [-0.2, 0) is 4.79 Å². The molecule has 1 atom stereocenters. The number of carbonyl (C=O) groups is 2. The van der Waals surface area contributed by atoms with Crippen LogP contribution in [0.2, 0.25) is 0 Å². The standard InChI is InChI=1S/C13H13N3O4S/c1-6-3-8(10-7(2)15-20-11(10)14-6)12(17)16-5-21-4-9(16)13(18)19/h3,9H,4-5H2,1-2H3,(H,18,19)/t9-/m0/s1. The molecule has 1 aliphatic rings. The normalized spacial score (nSPS) is 18.4. The Balaban J connectivity index is 2.09. The topological polar surface area (TPSA) is 96.5 Å². The van der Waals surface area contributed by atoms with Gasteiger partial charge in [-0.25, -0.2) is 9.78 Å². The number of aliphatic carboxylic acids is 1. The fraction of sp³-hybridized carbons (Fsp3) is 0.385. The monoisotopic (exact) mass is 307 g/mol. The summed E-state index contributed by atoms with van der Waals surface area (Å²) in [5.74, 6) is -0.550. The Kier molecular flexibility index (Phi) is 3.32. The molecule has 1 amide bonds. The van der Waals surface area contributed by atoms with Gasteiger partial charge in [-0.2, -0.15) is 0 Å². The number of aryl methyl sites for hydroxylation is 2. The van der Waals surface area contributed by atoms with E-state index in [-0.39, 0.29) is 5.91 Å². The molecule has 7 nitrogen and oxygen atoms in total. The minimum Gasteiger partial charge on any atom is -0.480 e. The molecule has 1 saturated heterocycles. The van der Waals surface area contributed by atoms with Crippen molar-refractivity contribution in [3.05, 3.63) is 23.0 Å². The Bertz CT molecular complexity index is 742. The van der Waals surface area contributed by atoms with Gasteiger partial charge in [0.25, 0.3) is 11.6 Å². The van der Waals surface area contributed by atoms with E-state index in [2.05, 4.69) is 10.1 Å². The zero-order chi connectivity index (χ0) is 15.1. The first-order chi connectivity index (χ1) is 9.99. The summed E-state index contributed by atoms with van der Waals surface area (Å²) in [6.07, 6.45) is 0. The van der Waals surface area contributed by atoms with Crippen LogP contribution in [0.25, 0.3) is 11.1 Å². The quantitative estimate of drug-likeness (QED) is 0.896. The van der Waals surface area contributed by atoms with Gasteiger partial charge in [0, 0.05) is 11.4 Å². The van der Waals surface area contributed by atoms with Crippen molar-refractivity contribution in [2.75, 3.05) is 11.6 Å². The van der Waals surface area contributed by atoms with Crippen molar-refractivity contribution in [2.24, 2.45) is 0 Å². The van der Waals surface area contributed by atoms with Crippen LogP contribution >= 0.6 is 11.8 Å². The van der Waals surface area contributed by atoms with Crippen LogP contribution in [0.1, 0.15) is 21.7 Å². The van der Waals surface area contributed by atoms with Crippen molar-refractivity contribution < 1.29 is 19.2 Å². The van der Waals surface area contributed by atoms with Crippen LogP contribution in [0.5, 0.6) is 0 Å². The lowest BCUT2D eigenvalue weighted by molar-refractivity contribution is -0.140. The number of pyridine rings is 1. The molecule has 2 aromatic heterocycles. The number of carboxylic acids is 1. The molecule has 0 aromatic carbocycles. The van der Waals surface area contributed by atoms with E-state index in [4.69, 9.17) is 4.52 Å². The van der Waals surface area contributed by atoms with Gasteiger partial charge in [0.2, 0.25) is 0 Å². The van der Waals surface area contributed by atoms with Crippen molar-refractivity contribution in [1.82, 2.24) is 15.0 Å². The molecule has 1 N–H and O–H groups in total. The van der Waals surface area contributed by atoms with Crippen LogP contribution in [0.3, 0.4) is 0 Å². The number of fused-ring (bicyclic) bond motifs is 1. The van der Waals surface area contributed by atoms with Crippen LogP contribution in [0.15, 0.2) is 10.6 Å². The molecule has 0 radical (unpaired) electrons. The molecule has 8 heteroatoms. The lowest BCUT2D eigenvalue weighted by Gasteiger charge is -2.20. The third-order valence-electron chi connectivity index (χ3n) is 3.40. The van der Waals surface area contributed by atoms with Gasteiger partial charge in [-0.05, 0) is 19.9 Å². The highest BCUT2D eigenvalue weighted by Gasteiger charge is 2.36. The smallest absolute Gasteiger partial charge is 0.327 e. The van der Waals surface area contributed by atoms with Crippen LogP contribution < -0.4 is 0 Å². The maximum absolute atomic E-state index is 12.7. The van der Waals surface area contributed by atoms with Gasteiger partial charge in [0.05, 0.1) is 22.5 Å². The van der Waals surface area contributed by atoms with E-state index in [0.29, 0.717) is 39.7 Å². The number of amides is 1. The van der Waals surface area contributed by atoms with E-state index in [1.165, 1.54) is 16.7 Å². The van der Waals surface area contributed by atoms with E-state index < -0.39 is 12.0 Å². The van der Waals surface area contributed by atoms with E-state index in [0.717, 1.165) is 0 Å². The zero-order valence-electron chi connectivity index (χ0n) is 11.5. The van der Waals surface area contributed by atoms with Crippen LogP contribution in [0.4, 0.5) is 0 Å². The molecule has 0 spiro atoms. The summed E-state index contributed by atoms with van der Waals surface area (Å²) < 4.78 is 5.10. The first-order valence-corrected chi connectivity index (χ1v) is 7.49. The predicted octanol–water partition coefficient (Wildman–Crippen LogP) is 1.44. The summed E-state index contributed by atoms with van der Waals surface area (Å²) in [6, 6.07) is 0.850. The van der Waals surface area contributed by atoms with Crippen molar-refractivity contribution in [1.29, 1.82) is 0 Å². The molecule has 0 bridgehead atoms. The average Bonchev–Trinajstić information content (AvgIpc) is 3.04. The molecular formula is C13H13N3O4S. The summed E-state index contributed by atoms with van der Waals surface area (Å²) in [4.78, 5) is 29.5. The second-order valence-electron chi connectivity index (χ2n) is 4.89. The zero-order valence-corrected chi connectivity index (χ0v) is 12.3. The lowest BCUT2D eigenvalue weighted by atomic mass is 10.1. The second-order valence-corrected chi connectivity index (χ2v) is 5.89. The fourth-order valence-electron chi connectivity index (χ4n) is 2.39. The fourth-order valence-corrected chi connectivity index (χ4v) is 3.53. The summed E-state index contributed by atoms with van der Waals surface area (Å²) in [6.45, 7) is 3.48. The number of hydrogen-bond acceptors (Lipinski definition) is 6. The Labute approximate surface area is 124 Å². The first kappa shape index (κ1) is 13.9. The highest BCUT2D eigenvalue weighted by atomic mass is 32.2. The van der Waals surface area contributed by atoms with Gasteiger partial charge in [-0.3, -0.25) is 4.79 Å². The van der Waals surface area contributed by atoms with Gasteiger partial charge < -0.3 is 14.5 Å². The molecule has 2 aromatic rings. The van der Waals surface area contributed by atoms with Gasteiger partial charge in [0.1, 0.15) is 6.04 Å². The third kappa shape index (κ3) is 2.25. The SMILES string of the molecule is Cc1cc(C(=O)N2CSC[C@H]2C(=O)O)c2c(C)noc2n1. The number of nitrogens with zero attached hydrogens (tertiary/aromatic N) is 3. The Morgan fingerprint density at radius 3 is 2.95 bits per heavy atom. The Hall–Kier alpha value is -2.09. The van der Waals surface area contributed by atoms with Gasteiger partial charge in [-0.1, -0.05) is 5.16 Å². The Morgan fingerprint density at radius 1 is 1.48 bits per heavy atom. The van der Waals surface area contributed by atoms with E-state index in [1.54, 1.807) is 19.9 Å². The maximum Gasteiger partial charge on any atom is 0.327 e. The summed E-state index contributed by atoms with van der Waals surface area (Å²) in [5.41, 5.74) is 1.89. The summed E-state index contributed by atoms with van der Waals surface area (Å²) in [5, 5.41) is 13.6. The maximum atomic E-state index is 12.7. The number of rotatable bonds is 2. The number of carbonyl (C=O) groups excluding carboxylic acids is 1. The van der Waals surface area contributed by atoms with E-state index >= 15 is 0 Å². The van der Waals surface area contributed by atoms with Crippen molar-refractivity contribution in [3.63, 3.8) is 0 Å².